The maximum absolute atomic E-state index is 5.87. The third-order valence-electron chi connectivity index (χ3n) is 2.55. The minimum absolute atomic E-state index is 0.545. The van der Waals surface area contributed by atoms with Gasteiger partial charge in [-0.25, -0.2) is 4.98 Å². The molecule has 1 aromatic carbocycles. The lowest BCUT2D eigenvalue weighted by Crippen LogP contribution is -2.17. The second-order valence-corrected chi connectivity index (χ2v) is 5.56. The Morgan fingerprint density at radius 1 is 1.17 bits per heavy atom. The second-order valence-electron chi connectivity index (χ2n) is 4.25. The zero-order valence-corrected chi connectivity index (χ0v) is 12.4. The van der Waals surface area contributed by atoms with E-state index in [-0.39, 0.29) is 0 Å². The summed E-state index contributed by atoms with van der Waals surface area (Å²) in [6.45, 7) is 1.67. The van der Waals surface area contributed by atoms with Crippen molar-refractivity contribution in [2.75, 3.05) is 7.05 Å². The molecule has 18 heavy (non-hydrogen) atoms. The number of halogens is 2. The van der Waals surface area contributed by atoms with Crippen LogP contribution in [0.3, 0.4) is 0 Å². The first kappa shape index (κ1) is 13.5. The summed E-state index contributed by atoms with van der Waals surface area (Å²) >= 11 is 9.35. The number of nitrogens with zero attached hydrogens (tertiary/aromatic N) is 2. The zero-order valence-electron chi connectivity index (χ0n) is 10.1. The monoisotopic (exact) mass is 324 g/mol. The summed E-state index contributed by atoms with van der Waals surface area (Å²) in [6, 6.07) is 14.0. The Hall–Kier alpha value is -0.900. The van der Waals surface area contributed by atoms with Gasteiger partial charge < -0.3 is 0 Å². The average molecular weight is 326 g/mol. The van der Waals surface area contributed by atoms with Gasteiger partial charge >= 0.3 is 0 Å². The molecule has 4 heteroatoms. The fourth-order valence-electron chi connectivity index (χ4n) is 1.82. The smallest absolute Gasteiger partial charge is 0.129 e. The molecule has 2 nitrogen and oxygen atoms in total. The van der Waals surface area contributed by atoms with Crippen LogP contribution in [0.5, 0.6) is 0 Å². The van der Waals surface area contributed by atoms with Gasteiger partial charge in [0.15, 0.2) is 0 Å². The van der Waals surface area contributed by atoms with E-state index in [9.17, 15) is 0 Å². The van der Waals surface area contributed by atoms with Crippen LogP contribution in [-0.4, -0.2) is 16.9 Å². The van der Waals surface area contributed by atoms with Gasteiger partial charge in [0.05, 0.1) is 5.69 Å². The van der Waals surface area contributed by atoms with E-state index in [1.165, 1.54) is 5.56 Å². The molecular formula is C14H14BrClN2. The van der Waals surface area contributed by atoms with Gasteiger partial charge in [-0.2, -0.15) is 0 Å². The molecule has 0 aliphatic rings. The standard InChI is InChI=1S/C14H14BrClN2/c1-18(9-11-4-2-5-12(15)8-11)10-13-6-3-7-14(16)17-13/h2-8H,9-10H2,1H3. The van der Waals surface area contributed by atoms with Crippen LogP contribution < -0.4 is 0 Å². The molecule has 0 radical (unpaired) electrons. The molecule has 0 amide bonds. The van der Waals surface area contributed by atoms with E-state index in [2.05, 4.69) is 45.0 Å². The van der Waals surface area contributed by atoms with Crippen molar-refractivity contribution in [2.45, 2.75) is 13.1 Å². The van der Waals surface area contributed by atoms with Gasteiger partial charge in [-0.1, -0.05) is 45.7 Å². The predicted molar refractivity (Wildman–Crippen MR) is 78.6 cm³/mol. The maximum atomic E-state index is 5.87. The van der Waals surface area contributed by atoms with Crippen molar-refractivity contribution in [2.24, 2.45) is 0 Å². The number of pyridine rings is 1. The summed E-state index contributed by atoms with van der Waals surface area (Å²) in [5.41, 5.74) is 2.26. The van der Waals surface area contributed by atoms with Crippen LogP contribution in [0.2, 0.25) is 5.15 Å². The van der Waals surface area contributed by atoms with Crippen molar-refractivity contribution >= 4 is 27.5 Å². The Bertz CT molecular complexity index is 483. The van der Waals surface area contributed by atoms with E-state index in [1.807, 2.05) is 24.3 Å². The van der Waals surface area contributed by atoms with Crippen LogP contribution in [0, 0.1) is 0 Å². The van der Waals surface area contributed by atoms with Gasteiger partial charge in [0, 0.05) is 17.6 Å². The summed E-state index contributed by atoms with van der Waals surface area (Å²) in [4.78, 5) is 6.50. The van der Waals surface area contributed by atoms with Crippen molar-refractivity contribution in [1.29, 1.82) is 0 Å². The molecule has 0 N–H and O–H groups in total. The van der Waals surface area contributed by atoms with Gasteiger partial charge in [-0.15, -0.1) is 0 Å². The third-order valence-corrected chi connectivity index (χ3v) is 3.25. The molecular weight excluding hydrogens is 312 g/mol. The molecule has 0 fully saturated rings. The van der Waals surface area contributed by atoms with Crippen LogP contribution in [0.4, 0.5) is 0 Å². The quantitative estimate of drug-likeness (QED) is 0.786. The van der Waals surface area contributed by atoms with Crippen LogP contribution in [0.15, 0.2) is 46.9 Å². The molecule has 0 bridgehead atoms. The Balaban J connectivity index is 1.98. The number of rotatable bonds is 4. The first-order chi connectivity index (χ1) is 8.63. The first-order valence-electron chi connectivity index (χ1n) is 5.68. The SMILES string of the molecule is CN(Cc1cccc(Br)c1)Cc1cccc(Cl)n1. The van der Waals surface area contributed by atoms with Crippen LogP contribution >= 0.6 is 27.5 Å². The fraction of sp³-hybridized carbons (Fsp3) is 0.214. The van der Waals surface area contributed by atoms with Crippen molar-refractivity contribution in [3.8, 4) is 0 Å². The summed E-state index contributed by atoms with van der Waals surface area (Å²) in [5.74, 6) is 0. The summed E-state index contributed by atoms with van der Waals surface area (Å²) in [6.07, 6.45) is 0. The van der Waals surface area contributed by atoms with Crippen LogP contribution in [0.1, 0.15) is 11.3 Å². The first-order valence-corrected chi connectivity index (χ1v) is 6.85. The number of aromatic nitrogens is 1. The van der Waals surface area contributed by atoms with Crippen molar-refractivity contribution in [3.63, 3.8) is 0 Å². The topological polar surface area (TPSA) is 16.1 Å². The van der Waals surface area contributed by atoms with Gasteiger partial charge in [0.25, 0.3) is 0 Å². The molecule has 0 aliphatic heterocycles. The maximum Gasteiger partial charge on any atom is 0.129 e. The Morgan fingerprint density at radius 3 is 2.67 bits per heavy atom. The molecule has 0 unspecified atom stereocenters. The summed E-state index contributed by atoms with van der Waals surface area (Å²) in [7, 11) is 2.07. The van der Waals surface area contributed by atoms with E-state index in [1.54, 1.807) is 6.07 Å². The van der Waals surface area contributed by atoms with E-state index < -0.39 is 0 Å². The van der Waals surface area contributed by atoms with Crippen LogP contribution in [-0.2, 0) is 13.1 Å². The molecule has 2 rings (SSSR count). The lowest BCUT2D eigenvalue weighted by atomic mass is 10.2. The normalized spacial score (nSPS) is 10.9. The zero-order chi connectivity index (χ0) is 13.0. The largest absolute Gasteiger partial charge is 0.296 e. The fourth-order valence-corrected chi connectivity index (χ4v) is 2.45. The highest BCUT2D eigenvalue weighted by molar-refractivity contribution is 9.10. The summed E-state index contributed by atoms with van der Waals surface area (Å²) in [5, 5.41) is 0.545. The highest BCUT2D eigenvalue weighted by Crippen LogP contribution is 2.14. The molecule has 0 aliphatic carbocycles. The van der Waals surface area contributed by atoms with E-state index in [4.69, 9.17) is 11.6 Å². The molecule has 0 spiro atoms. The van der Waals surface area contributed by atoms with Crippen LogP contribution in [0.25, 0.3) is 0 Å². The van der Waals surface area contributed by atoms with Gasteiger partial charge in [-0.05, 0) is 36.9 Å². The minimum Gasteiger partial charge on any atom is -0.296 e. The predicted octanol–water partition coefficient (Wildman–Crippen LogP) is 4.13. The molecule has 2 aromatic rings. The Kier molecular flexibility index (Phi) is 4.75. The second kappa shape index (κ2) is 6.32. The third kappa shape index (κ3) is 4.09. The molecule has 1 heterocycles. The van der Waals surface area contributed by atoms with Crippen molar-refractivity contribution < 1.29 is 0 Å². The lowest BCUT2D eigenvalue weighted by Gasteiger charge is -2.16. The molecule has 0 saturated carbocycles. The molecule has 94 valence electrons. The number of hydrogen-bond acceptors (Lipinski definition) is 2. The number of benzene rings is 1. The molecule has 0 saturated heterocycles. The van der Waals surface area contributed by atoms with Gasteiger partial charge in [0.2, 0.25) is 0 Å². The van der Waals surface area contributed by atoms with E-state index in [0.717, 1.165) is 23.3 Å². The molecule has 0 atom stereocenters. The summed E-state index contributed by atoms with van der Waals surface area (Å²) < 4.78 is 1.11. The lowest BCUT2D eigenvalue weighted by molar-refractivity contribution is 0.315. The Labute approximate surface area is 121 Å². The molecule has 1 aromatic heterocycles. The van der Waals surface area contributed by atoms with E-state index in [0.29, 0.717) is 5.15 Å². The average Bonchev–Trinajstić information content (AvgIpc) is 2.28. The Morgan fingerprint density at radius 2 is 1.94 bits per heavy atom. The highest BCUT2D eigenvalue weighted by Gasteiger charge is 2.03. The van der Waals surface area contributed by atoms with Crippen molar-refractivity contribution in [1.82, 2.24) is 9.88 Å². The highest BCUT2D eigenvalue weighted by atomic mass is 79.9. The van der Waals surface area contributed by atoms with E-state index >= 15 is 0 Å². The van der Waals surface area contributed by atoms with Gasteiger partial charge in [0.1, 0.15) is 5.15 Å². The van der Waals surface area contributed by atoms with Crippen molar-refractivity contribution in [3.05, 3.63) is 63.3 Å². The number of hydrogen-bond donors (Lipinski definition) is 0. The minimum atomic E-state index is 0.545. The van der Waals surface area contributed by atoms with Gasteiger partial charge in [-0.3, -0.25) is 4.90 Å².